The van der Waals surface area contributed by atoms with Crippen molar-refractivity contribution in [1.29, 1.82) is 0 Å². The van der Waals surface area contributed by atoms with Gasteiger partial charge in [0.1, 0.15) is 11.2 Å². The van der Waals surface area contributed by atoms with Crippen molar-refractivity contribution in [3.05, 3.63) is 91.8 Å². The minimum atomic E-state index is -0.481. The Kier molecular flexibility index (Phi) is 4.72. The number of thiophene rings is 1. The van der Waals surface area contributed by atoms with Crippen LogP contribution in [0, 0.1) is 10.1 Å². The average Bonchev–Trinajstić information content (AvgIpc) is 3.12. The van der Waals surface area contributed by atoms with Gasteiger partial charge in [0.05, 0.1) is 10.5 Å². The second-order valence-corrected chi connectivity index (χ2v) is 8.66. The molecule has 0 radical (unpaired) electrons. The Morgan fingerprint density at radius 2 is 1.97 bits per heavy atom. The summed E-state index contributed by atoms with van der Waals surface area (Å²) >= 11 is 1.62. The van der Waals surface area contributed by atoms with E-state index in [1.54, 1.807) is 23.5 Å². The summed E-state index contributed by atoms with van der Waals surface area (Å²) in [6, 6.07) is 16.8. The molecule has 0 spiro atoms. The van der Waals surface area contributed by atoms with Crippen molar-refractivity contribution in [3.8, 4) is 0 Å². The first-order valence-corrected chi connectivity index (χ1v) is 10.6. The molecule has 30 heavy (non-hydrogen) atoms. The summed E-state index contributed by atoms with van der Waals surface area (Å²) in [7, 11) is 0. The van der Waals surface area contributed by atoms with Crippen molar-refractivity contribution >= 4 is 27.9 Å². The van der Waals surface area contributed by atoms with Crippen LogP contribution in [0.2, 0.25) is 0 Å². The number of nitro benzene ring substituents is 1. The van der Waals surface area contributed by atoms with Gasteiger partial charge < -0.3 is 10.6 Å². The maximum Gasteiger partial charge on any atom is 0.269 e. The minimum absolute atomic E-state index is 0.0105. The summed E-state index contributed by atoms with van der Waals surface area (Å²) in [5.41, 5.74) is 3.82. The fourth-order valence-corrected chi connectivity index (χ4v) is 5.45. The van der Waals surface area contributed by atoms with E-state index in [4.69, 9.17) is 0 Å². The zero-order valence-electron chi connectivity index (χ0n) is 16.1. The Bertz CT molecular complexity index is 1130. The molecule has 0 unspecified atom stereocenters. The number of hydrogen-bond acceptors (Lipinski definition) is 6. The van der Waals surface area contributed by atoms with Gasteiger partial charge in [-0.2, -0.15) is 0 Å². The summed E-state index contributed by atoms with van der Waals surface area (Å²) in [6.07, 6.45) is 0.357. The summed E-state index contributed by atoms with van der Waals surface area (Å²) in [4.78, 5) is 27.2. The Morgan fingerprint density at radius 3 is 2.77 bits per heavy atom. The number of carbonyl (C=O) groups is 1. The lowest BCUT2D eigenvalue weighted by Gasteiger charge is -2.28. The molecule has 2 aromatic carbocycles. The molecule has 0 fully saturated rings. The zero-order chi connectivity index (χ0) is 20.7. The standard InChI is InChI=1S/C22H20N4O3S/c27-21-19-17-9-10-25(12-14-5-2-1-3-6-14)13-18(17)30-22(19)24-20(23-21)15-7-4-8-16(11-15)26(28)29/h1-8,11,20,24H,9-10,12-13H2,(H,23,27)/t20-/m0/s1. The van der Waals surface area contributed by atoms with Gasteiger partial charge in [-0.1, -0.05) is 42.5 Å². The molecule has 1 amide bonds. The molecular weight excluding hydrogens is 400 g/mol. The highest BCUT2D eigenvalue weighted by Crippen LogP contribution is 2.41. The second-order valence-electron chi connectivity index (χ2n) is 7.56. The van der Waals surface area contributed by atoms with Crippen molar-refractivity contribution in [1.82, 2.24) is 10.2 Å². The third-order valence-corrected chi connectivity index (χ3v) is 6.73. The number of rotatable bonds is 4. The topological polar surface area (TPSA) is 87.5 Å². The van der Waals surface area contributed by atoms with Crippen LogP contribution in [0.15, 0.2) is 54.6 Å². The first kappa shape index (κ1) is 18.8. The monoisotopic (exact) mass is 420 g/mol. The lowest BCUT2D eigenvalue weighted by Crippen LogP contribution is -2.38. The van der Waals surface area contributed by atoms with Gasteiger partial charge >= 0.3 is 0 Å². The van der Waals surface area contributed by atoms with E-state index in [1.165, 1.54) is 22.6 Å². The van der Waals surface area contributed by atoms with Crippen molar-refractivity contribution in [2.24, 2.45) is 0 Å². The Labute approximate surface area is 177 Å². The Balaban J connectivity index is 1.38. The molecule has 0 saturated carbocycles. The normalized spacial score (nSPS) is 18.1. The van der Waals surface area contributed by atoms with Crippen LogP contribution in [-0.2, 0) is 19.5 Å². The maximum atomic E-state index is 12.9. The quantitative estimate of drug-likeness (QED) is 0.491. The predicted molar refractivity (Wildman–Crippen MR) is 116 cm³/mol. The first-order chi connectivity index (χ1) is 14.6. The van der Waals surface area contributed by atoms with Gasteiger partial charge in [-0.05, 0) is 17.5 Å². The molecule has 2 aliphatic rings. The molecular formula is C22H20N4O3S. The van der Waals surface area contributed by atoms with Crippen molar-refractivity contribution < 1.29 is 9.72 Å². The van der Waals surface area contributed by atoms with Crippen LogP contribution < -0.4 is 10.6 Å². The predicted octanol–water partition coefficient (Wildman–Crippen LogP) is 4.07. The van der Waals surface area contributed by atoms with Gasteiger partial charge in [0.15, 0.2) is 0 Å². The lowest BCUT2D eigenvalue weighted by molar-refractivity contribution is -0.384. The highest BCUT2D eigenvalue weighted by atomic mass is 32.1. The Hall–Kier alpha value is -3.23. The van der Waals surface area contributed by atoms with E-state index in [-0.39, 0.29) is 11.6 Å². The van der Waals surface area contributed by atoms with E-state index in [0.29, 0.717) is 5.56 Å². The summed E-state index contributed by atoms with van der Waals surface area (Å²) in [5.74, 6) is -0.116. The van der Waals surface area contributed by atoms with Gasteiger partial charge in [0.2, 0.25) is 0 Å². The third-order valence-electron chi connectivity index (χ3n) is 5.58. The molecule has 3 heterocycles. The van der Waals surface area contributed by atoms with Gasteiger partial charge in [0, 0.05) is 42.2 Å². The fourth-order valence-electron chi connectivity index (χ4n) is 4.13. The van der Waals surface area contributed by atoms with Crippen molar-refractivity contribution in [2.75, 3.05) is 11.9 Å². The van der Waals surface area contributed by atoms with Crippen LogP contribution in [-0.4, -0.2) is 22.3 Å². The van der Waals surface area contributed by atoms with E-state index >= 15 is 0 Å². The number of non-ortho nitro benzene ring substituents is 1. The lowest BCUT2D eigenvalue weighted by atomic mass is 10.00. The molecule has 1 atom stereocenters. The number of fused-ring (bicyclic) bond motifs is 3. The highest BCUT2D eigenvalue weighted by molar-refractivity contribution is 7.16. The molecule has 2 N–H and O–H groups in total. The van der Waals surface area contributed by atoms with Crippen LogP contribution >= 0.6 is 11.3 Å². The average molecular weight is 420 g/mol. The molecule has 3 aromatic rings. The number of amides is 1. The molecule has 8 heteroatoms. The molecule has 0 aliphatic carbocycles. The number of anilines is 1. The number of nitrogens with one attached hydrogen (secondary N) is 2. The molecule has 5 rings (SSSR count). The summed E-state index contributed by atoms with van der Waals surface area (Å²) < 4.78 is 0. The van der Waals surface area contributed by atoms with E-state index in [2.05, 4.69) is 39.8 Å². The molecule has 1 aromatic heterocycles. The minimum Gasteiger partial charge on any atom is -0.353 e. The molecule has 152 valence electrons. The van der Waals surface area contributed by atoms with Gasteiger partial charge in [-0.25, -0.2) is 0 Å². The molecule has 0 bridgehead atoms. The van der Waals surface area contributed by atoms with Crippen molar-refractivity contribution in [2.45, 2.75) is 25.7 Å². The largest absolute Gasteiger partial charge is 0.353 e. The van der Waals surface area contributed by atoms with Gasteiger partial charge in [-0.3, -0.25) is 19.8 Å². The van der Waals surface area contributed by atoms with Gasteiger partial charge in [-0.15, -0.1) is 11.3 Å². The Morgan fingerprint density at radius 1 is 1.13 bits per heavy atom. The third kappa shape index (κ3) is 3.44. The second kappa shape index (κ2) is 7.55. The van der Waals surface area contributed by atoms with E-state index in [1.807, 2.05) is 6.07 Å². The summed E-state index contributed by atoms with van der Waals surface area (Å²) in [6.45, 7) is 2.61. The van der Waals surface area contributed by atoms with Crippen LogP contribution in [0.4, 0.5) is 10.7 Å². The van der Waals surface area contributed by atoms with Crippen LogP contribution in [0.1, 0.15) is 38.1 Å². The van der Waals surface area contributed by atoms with E-state index in [9.17, 15) is 14.9 Å². The molecule has 2 aliphatic heterocycles. The SMILES string of the molecule is O=C1N[C@H](c2cccc([N+](=O)[O-])c2)Nc2sc3c(c21)CCN(Cc1ccccc1)C3. The van der Waals surface area contributed by atoms with Crippen LogP contribution in [0.3, 0.4) is 0 Å². The zero-order valence-corrected chi connectivity index (χ0v) is 16.9. The fraction of sp³-hybridized carbons (Fsp3) is 0.227. The first-order valence-electron chi connectivity index (χ1n) is 9.81. The van der Waals surface area contributed by atoms with Crippen LogP contribution in [0.5, 0.6) is 0 Å². The van der Waals surface area contributed by atoms with E-state index in [0.717, 1.165) is 42.2 Å². The highest BCUT2D eigenvalue weighted by Gasteiger charge is 2.33. The smallest absolute Gasteiger partial charge is 0.269 e. The number of hydrogen-bond donors (Lipinski definition) is 2. The maximum absolute atomic E-state index is 12.9. The number of nitro groups is 1. The number of nitrogens with zero attached hydrogens (tertiary/aromatic N) is 2. The number of benzene rings is 2. The molecule has 7 nitrogen and oxygen atoms in total. The van der Waals surface area contributed by atoms with Gasteiger partial charge in [0.25, 0.3) is 11.6 Å². The number of carbonyl (C=O) groups excluding carboxylic acids is 1. The molecule has 0 saturated heterocycles. The summed E-state index contributed by atoms with van der Waals surface area (Å²) in [5, 5.41) is 18.3. The van der Waals surface area contributed by atoms with E-state index < -0.39 is 11.1 Å². The van der Waals surface area contributed by atoms with Crippen LogP contribution in [0.25, 0.3) is 0 Å². The van der Waals surface area contributed by atoms with Crippen molar-refractivity contribution in [3.63, 3.8) is 0 Å².